The van der Waals surface area contributed by atoms with E-state index < -0.39 is 5.97 Å². The number of methoxy groups -OCH3 is 1. The minimum atomic E-state index is -0.856. The molecule has 1 N–H and O–H groups in total. The van der Waals surface area contributed by atoms with Crippen molar-refractivity contribution in [2.45, 2.75) is 13.0 Å². The van der Waals surface area contributed by atoms with Crippen molar-refractivity contribution in [3.63, 3.8) is 0 Å². The van der Waals surface area contributed by atoms with Gasteiger partial charge in [0.25, 0.3) is 0 Å². The highest BCUT2D eigenvalue weighted by Gasteiger charge is 2.11. The number of hydrogen-bond acceptors (Lipinski definition) is 4. The third kappa shape index (κ3) is 3.17. The molecule has 6 nitrogen and oxygen atoms in total. The number of carboxylic acids is 1. The van der Waals surface area contributed by atoms with Crippen molar-refractivity contribution in [2.75, 3.05) is 7.11 Å². The van der Waals surface area contributed by atoms with Crippen molar-refractivity contribution < 1.29 is 19.4 Å². The number of benzene rings is 2. The van der Waals surface area contributed by atoms with Gasteiger partial charge in [-0.15, -0.1) is 0 Å². The van der Waals surface area contributed by atoms with E-state index in [2.05, 4.69) is 4.98 Å². The SMILES string of the molecule is COc1ccccc1OCc1nc2cc(CC(=O)O)ccc2n1C. The fourth-order valence-corrected chi connectivity index (χ4v) is 2.59. The molecular formula is C18H18N2O4. The molecule has 0 aliphatic rings. The topological polar surface area (TPSA) is 73.6 Å². The molecule has 1 heterocycles. The Morgan fingerprint density at radius 1 is 1.21 bits per heavy atom. The fraction of sp³-hybridized carbons (Fsp3) is 0.222. The number of ether oxygens (including phenoxy) is 2. The molecule has 0 unspecified atom stereocenters. The van der Waals surface area contributed by atoms with Gasteiger partial charge in [0, 0.05) is 7.05 Å². The molecule has 0 saturated heterocycles. The summed E-state index contributed by atoms with van der Waals surface area (Å²) >= 11 is 0. The van der Waals surface area contributed by atoms with Crippen LogP contribution in [0.1, 0.15) is 11.4 Å². The van der Waals surface area contributed by atoms with Gasteiger partial charge in [-0.2, -0.15) is 0 Å². The van der Waals surface area contributed by atoms with E-state index in [4.69, 9.17) is 14.6 Å². The molecule has 1 aromatic heterocycles. The Labute approximate surface area is 139 Å². The molecule has 0 amide bonds. The van der Waals surface area contributed by atoms with E-state index in [1.54, 1.807) is 13.2 Å². The molecule has 3 aromatic rings. The summed E-state index contributed by atoms with van der Waals surface area (Å²) in [5, 5.41) is 8.90. The number of aliphatic carboxylic acids is 1. The van der Waals surface area contributed by atoms with Gasteiger partial charge < -0.3 is 19.1 Å². The van der Waals surface area contributed by atoms with Crippen LogP contribution in [0.15, 0.2) is 42.5 Å². The molecule has 2 aromatic carbocycles. The van der Waals surface area contributed by atoms with Crippen molar-refractivity contribution in [1.29, 1.82) is 0 Å². The van der Waals surface area contributed by atoms with Crippen molar-refractivity contribution in [2.24, 2.45) is 7.05 Å². The molecule has 0 atom stereocenters. The average molecular weight is 326 g/mol. The van der Waals surface area contributed by atoms with Gasteiger partial charge in [-0.05, 0) is 29.8 Å². The zero-order chi connectivity index (χ0) is 17.1. The molecule has 124 valence electrons. The van der Waals surface area contributed by atoms with E-state index in [0.717, 1.165) is 22.4 Å². The van der Waals surface area contributed by atoms with Crippen LogP contribution >= 0.6 is 0 Å². The van der Waals surface area contributed by atoms with Crippen LogP contribution in [0.5, 0.6) is 11.5 Å². The maximum Gasteiger partial charge on any atom is 0.307 e. The second-order valence-corrected chi connectivity index (χ2v) is 5.42. The summed E-state index contributed by atoms with van der Waals surface area (Å²) in [4.78, 5) is 15.4. The normalized spacial score (nSPS) is 10.8. The predicted molar refractivity (Wildman–Crippen MR) is 89.4 cm³/mol. The monoisotopic (exact) mass is 326 g/mol. The summed E-state index contributed by atoms with van der Waals surface area (Å²) in [7, 11) is 3.51. The van der Waals surface area contributed by atoms with Crippen LogP contribution in [0.3, 0.4) is 0 Å². The predicted octanol–water partition coefficient (Wildman–Crippen LogP) is 2.79. The van der Waals surface area contributed by atoms with Gasteiger partial charge in [0.05, 0.1) is 24.6 Å². The standard InChI is InChI=1S/C18H18N2O4/c1-20-14-8-7-12(10-18(21)22)9-13(14)19-17(20)11-24-16-6-4-3-5-15(16)23-2/h3-9H,10-11H2,1-2H3,(H,21,22). The maximum absolute atomic E-state index is 10.8. The number of aromatic nitrogens is 2. The first-order valence-corrected chi connectivity index (χ1v) is 7.50. The molecule has 0 aliphatic heterocycles. The Bertz CT molecular complexity index is 886. The van der Waals surface area contributed by atoms with E-state index >= 15 is 0 Å². The van der Waals surface area contributed by atoms with E-state index in [1.165, 1.54) is 0 Å². The smallest absolute Gasteiger partial charge is 0.307 e. The Kier molecular flexibility index (Phi) is 4.37. The highest BCUT2D eigenvalue weighted by Crippen LogP contribution is 2.27. The summed E-state index contributed by atoms with van der Waals surface area (Å²) in [6.45, 7) is 0.291. The summed E-state index contributed by atoms with van der Waals surface area (Å²) in [6.07, 6.45) is -0.0143. The molecular weight excluding hydrogens is 308 g/mol. The number of nitrogens with zero attached hydrogens (tertiary/aromatic N) is 2. The number of hydrogen-bond donors (Lipinski definition) is 1. The molecule has 6 heteroatoms. The van der Waals surface area contributed by atoms with E-state index in [9.17, 15) is 4.79 Å². The van der Waals surface area contributed by atoms with Crippen LogP contribution in [-0.4, -0.2) is 27.7 Å². The van der Waals surface area contributed by atoms with Gasteiger partial charge in [-0.3, -0.25) is 4.79 Å². The molecule has 24 heavy (non-hydrogen) atoms. The zero-order valence-electron chi connectivity index (χ0n) is 13.5. The van der Waals surface area contributed by atoms with Crippen LogP contribution in [0.4, 0.5) is 0 Å². The largest absolute Gasteiger partial charge is 0.493 e. The highest BCUT2D eigenvalue weighted by molar-refractivity contribution is 5.79. The molecule has 3 rings (SSSR count). The number of carboxylic acid groups (broad SMARTS) is 1. The van der Waals surface area contributed by atoms with E-state index in [1.807, 2.05) is 48.0 Å². The number of para-hydroxylation sites is 2. The summed E-state index contributed by atoms with van der Waals surface area (Å²) in [5.74, 6) is 1.21. The molecule has 0 saturated carbocycles. The van der Waals surface area contributed by atoms with E-state index in [-0.39, 0.29) is 6.42 Å². The Hall–Kier alpha value is -3.02. The Balaban J connectivity index is 1.84. The Morgan fingerprint density at radius 3 is 2.67 bits per heavy atom. The van der Waals surface area contributed by atoms with Crippen molar-refractivity contribution in [3.8, 4) is 11.5 Å². The lowest BCUT2D eigenvalue weighted by Gasteiger charge is -2.10. The zero-order valence-corrected chi connectivity index (χ0v) is 13.5. The third-order valence-corrected chi connectivity index (χ3v) is 3.82. The van der Waals surface area contributed by atoms with Crippen LogP contribution in [-0.2, 0) is 24.9 Å². The van der Waals surface area contributed by atoms with Crippen molar-refractivity contribution in [1.82, 2.24) is 9.55 Å². The lowest BCUT2D eigenvalue weighted by molar-refractivity contribution is -0.136. The number of fused-ring (bicyclic) bond motifs is 1. The van der Waals surface area contributed by atoms with Crippen LogP contribution < -0.4 is 9.47 Å². The lowest BCUT2D eigenvalue weighted by Crippen LogP contribution is -2.04. The second kappa shape index (κ2) is 6.62. The van der Waals surface area contributed by atoms with Gasteiger partial charge in [-0.25, -0.2) is 4.98 Å². The van der Waals surface area contributed by atoms with Crippen molar-refractivity contribution >= 4 is 17.0 Å². The highest BCUT2D eigenvalue weighted by atomic mass is 16.5. The van der Waals surface area contributed by atoms with Gasteiger partial charge in [-0.1, -0.05) is 18.2 Å². The average Bonchev–Trinajstić information content (AvgIpc) is 2.88. The van der Waals surface area contributed by atoms with Gasteiger partial charge >= 0.3 is 5.97 Å². The first-order valence-electron chi connectivity index (χ1n) is 7.50. The van der Waals surface area contributed by atoms with Gasteiger partial charge in [0.15, 0.2) is 11.5 Å². The quantitative estimate of drug-likeness (QED) is 0.754. The number of aryl methyl sites for hydroxylation is 1. The van der Waals surface area contributed by atoms with Crippen LogP contribution in [0.2, 0.25) is 0 Å². The Morgan fingerprint density at radius 2 is 1.96 bits per heavy atom. The van der Waals surface area contributed by atoms with Crippen molar-refractivity contribution in [3.05, 3.63) is 53.9 Å². The van der Waals surface area contributed by atoms with Gasteiger partial charge in [0.1, 0.15) is 12.4 Å². The molecule has 0 bridgehead atoms. The third-order valence-electron chi connectivity index (χ3n) is 3.82. The number of imidazole rings is 1. The number of rotatable bonds is 6. The summed E-state index contributed by atoms with van der Waals surface area (Å²) in [5.41, 5.74) is 2.42. The van der Waals surface area contributed by atoms with Crippen LogP contribution in [0.25, 0.3) is 11.0 Å². The summed E-state index contributed by atoms with van der Waals surface area (Å²) < 4.78 is 13.0. The minimum absolute atomic E-state index is 0.0143. The second-order valence-electron chi connectivity index (χ2n) is 5.42. The first-order chi connectivity index (χ1) is 11.6. The fourth-order valence-electron chi connectivity index (χ4n) is 2.59. The first kappa shape index (κ1) is 15.9. The number of carbonyl (C=O) groups is 1. The maximum atomic E-state index is 10.8. The molecule has 0 aliphatic carbocycles. The lowest BCUT2D eigenvalue weighted by atomic mass is 10.1. The summed E-state index contributed by atoms with van der Waals surface area (Å²) in [6, 6.07) is 12.9. The molecule has 0 radical (unpaired) electrons. The van der Waals surface area contributed by atoms with Gasteiger partial charge in [0.2, 0.25) is 0 Å². The molecule has 0 spiro atoms. The minimum Gasteiger partial charge on any atom is -0.493 e. The van der Waals surface area contributed by atoms with Crippen LogP contribution in [0, 0.1) is 0 Å². The van der Waals surface area contributed by atoms with E-state index in [0.29, 0.717) is 18.1 Å². The molecule has 0 fully saturated rings.